The maximum atomic E-state index is 12.7. The Balaban J connectivity index is 1.64. The molecular formula is C25H30N6O. The van der Waals surface area contributed by atoms with E-state index >= 15 is 0 Å². The van der Waals surface area contributed by atoms with Crippen LogP contribution in [0.3, 0.4) is 0 Å². The van der Waals surface area contributed by atoms with E-state index in [9.17, 15) is 10.1 Å². The van der Waals surface area contributed by atoms with Crippen LogP contribution in [0.4, 0.5) is 11.4 Å². The van der Waals surface area contributed by atoms with Gasteiger partial charge in [0, 0.05) is 64.6 Å². The van der Waals surface area contributed by atoms with Crippen molar-refractivity contribution in [3.05, 3.63) is 64.1 Å². The van der Waals surface area contributed by atoms with E-state index in [0.29, 0.717) is 17.3 Å². The number of benzene rings is 1. The maximum Gasteiger partial charge on any atom is 0.252 e. The average molecular weight is 431 g/mol. The number of pyridine rings is 2. The van der Waals surface area contributed by atoms with Crippen LogP contribution < -0.4 is 15.4 Å². The summed E-state index contributed by atoms with van der Waals surface area (Å²) in [5.74, 6) is 0. The summed E-state index contributed by atoms with van der Waals surface area (Å²) in [6.07, 6.45) is 0. The molecule has 1 saturated heterocycles. The fourth-order valence-corrected chi connectivity index (χ4v) is 4.51. The Morgan fingerprint density at radius 1 is 1.12 bits per heavy atom. The lowest BCUT2D eigenvalue weighted by molar-refractivity contribution is 0.158. The van der Waals surface area contributed by atoms with Gasteiger partial charge in [0.25, 0.3) is 5.56 Å². The number of anilines is 2. The van der Waals surface area contributed by atoms with E-state index in [1.165, 1.54) is 11.3 Å². The Morgan fingerprint density at radius 3 is 2.62 bits per heavy atom. The molecule has 1 fully saturated rings. The summed E-state index contributed by atoms with van der Waals surface area (Å²) in [6, 6.07) is 16.4. The van der Waals surface area contributed by atoms with E-state index in [4.69, 9.17) is 0 Å². The number of hydrogen-bond acceptors (Lipinski definition) is 6. The summed E-state index contributed by atoms with van der Waals surface area (Å²) in [5, 5.41) is 9.34. The van der Waals surface area contributed by atoms with Crippen LogP contribution in [0, 0.1) is 11.3 Å². The smallest absolute Gasteiger partial charge is 0.252 e. The van der Waals surface area contributed by atoms with Gasteiger partial charge in [0.05, 0.1) is 11.2 Å². The molecule has 32 heavy (non-hydrogen) atoms. The second-order valence-electron chi connectivity index (χ2n) is 8.95. The molecule has 3 aromatic rings. The van der Waals surface area contributed by atoms with Gasteiger partial charge >= 0.3 is 0 Å². The summed E-state index contributed by atoms with van der Waals surface area (Å²) in [5.41, 5.74) is 5.05. The van der Waals surface area contributed by atoms with Crippen LogP contribution in [-0.2, 0) is 13.6 Å². The number of hydrogen-bond donors (Lipinski definition) is 0. The van der Waals surface area contributed by atoms with Gasteiger partial charge in [0.2, 0.25) is 0 Å². The number of piperazine rings is 1. The molecule has 0 aliphatic carbocycles. The molecule has 1 aliphatic rings. The predicted octanol–water partition coefficient (Wildman–Crippen LogP) is 2.97. The monoisotopic (exact) mass is 430 g/mol. The van der Waals surface area contributed by atoms with Crippen molar-refractivity contribution in [1.29, 1.82) is 5.26 Å². The van der Waals surface area contributed by atoms with E-state index in [1.807, 2.05) is 6.07 Å². The van der Waals surface area contributed by atoms with E-state index < -0.39 is 0 Å². The van der Waals surface area contributed by atoms with Crippen LogP contribution in [0.5, 0.6) is 0 Å². The zero-order chi connectivity index (χ0) is 23.0. The molecule has 7 nitrogen and oxygen atoms in total. The third-order valence-corrected chi connectivity index (χ3v) is 6.42. The first-order chi connectivity index (χ1) is 15.3. The van der Waals surface area contributed by atoms with Crippen molar-refractivity contribution < 1.29 is 0 Å². The van der Waals surface area contributed by atoms with E-state index in [-0.39, 0.29) is 11.6 Å². The predicted molar refractivity (Wildman–Crippen MR) is 129 cm³/mol. The number of aryl methyl sites for hydroxylation is 1. The van der Waals surface area contributed by atoms with Gasteiger partial charge in [0.1, 0.15) is 17.3 Å². The zero-order valence-corrected chi connectivity index (χ0v) is 19.4. The fourth-order valence-electron chi connectivity index (χ4n) is 4.51. The van der Waals surface area contributed by atoms with Crippen LogP contribution in [0.2, 0.25) is 0 Å². The largest absolute Gasteiger partial charge is 0.378 e. The molecule has 0 bridgehead atoms. The first-order valence-corrected chi connectivity index (χ1v) is 11.0. The van der Waals surface area contributed by atoms with E-state index in [2.05, 4.69) is 78.0 Å². The second kappa shape index (κ2) is 8.64. The second-order valence-corrected chi connectivity index (χ2v) is 8.95. The highest BCUT2D eigenvalue weighted by Crippen LogP contribution is 2.29. The first kappa shape index (κ1) is 21.8. The third-order valence-electron chi connectivity index (χ3n) is 6.42. The normalized spacial score (nSPS) is 19.2. The summed E-state index contributed by atoms with van der Waals surface area (Å²) in [6.45, 7) is 6.96. The number of rotatable bonds is 4. The zero-order valence-electron chi connectivity index (χ0n) is 19.4. The van der Waals surface area contributed by atoms with Gasteiger partial charge in [-0.15, -0.1) is 0 Å². The van der Waals surface area contributed by atoms with Crippen molar-refractivity contribution in [3.63, 3.8) is 0 Å². The SMILES string of the molecule is C[C@@H]1CN(c2cc(=O)n(C)c3ccc(C#N)nc23)[C@@H](C)CN1Cc1cccc(N(C)C)c1. The topological polar surface area (TPSA) is 68.4 Å². The number of fused-ring (bicyclic) bond motifs is 1. The van der Waals surface area contributed by atoms with Gasteiger partial charge in [-0.05, 0) is 43.7 Å². The average Bonchev–Trinajstić information content (AvgIpc) is 2.78. The van der Waals surface area contributed by atoms with Crippen LogP contribution in [0.1, 0.15) is 25.1 Å². The molecule has 0 spiro atoms. The van der Waals surface area contributed by atoms with Gasteiger partial charge in [-0.3, -0.25) is 9.69 Å². The molecule has 1 aromatic carbocycles. The molecule has 0 N–H and O–H groups in total. The lowest BCUT2D eigenvalue weighted by atomic mass is 10.0. The minimum Gasteiger partial charge on any atom is -0.378 e. The van der Waals surface area contributed by atoms with Gasteiger partial charge in [-0.1, -0.05) is 12.1 Å². The molecule has 0 saturated carbocycles. The van der Waals surface area contributed by atoms with Gasteiger partial charge in [-0.2, -0.15) is 5.26 Å². The lowest BCUT2D eigenvalue weighted by Gasteiger charge is -2.45. The minimum absolute atomic E-state index is 0.0678. The first-order valence-electron chi connectivity index (χ1n) is 11.0. The molecule has 3 heterocycles. The van der Waals surface area contributed by atoms with Crippen molar-refractivity contribution in [2.24, 2.45) is 7.05 Å². The Hall–Kier alpha value is -3.37. The highest BCUT2D eigenvalue weighted by atomic mass is 16.1. The summed E-state index contributed by atoms with van der Waals surface area (Å²) >= 11 is 0. The van der Waals surface area contributed by atoms with Crippen molar-refractivity contribution >= 4 is 22.4 Å². The standard InChI is InChI=1S/C25H30N6O/c1-17-15-31(18(2)14-30(17)16-19-7-6-8-21(11-19)28(3)4)23-12-24(32)29(5)22-10-9-20(13-26)27-25(22)23/h6-12,17-18H,14-16H2,1-5H3/t17-,18+/m1/s1. The Bertz CT molecular complexity index is 1240. The van der Waals surface area contributed by atoms with Crippen molar-refractivity contribution in [3.8, 4) is 6.07 Å². The van der Waals surface area contributed by atoms with Gasteiger partial charge in [-0.25, -0.2) is 4.98 Å². The summed E-state index contributed by atoms with van der Waals surface area (Å²) in [7, 11) is 5.86. The van der Waals surface area contributed by atoms with Crippen LogP contribution in [0.15, 0.2) is 47.3 Å². The number of aromatic nitrogens is 2. The van der Waals surface area contributed by atoms with E-state index in [0.717, 1.165) is 30.8 Å². The Kier molecular flexibility index (Phi) is 5.90. The van der Waals surface area contributed by atoms with Crippen LogP contribution in [0.25, 0.3) is 11.0 Å². The number of nitrogens with zero attached hydrogens (tertiary/aromatic N) is 6. The lowest BCUT2D eigenvalue weighted by Crippen LogP contribution is -2.56. The number of nitriles is 1. The fraction of sp³-hybridized carbons (Fsp3) is 0.400. The third kappa shape index (κ3) is 4.06. The van der Waals surface area contributed by atoms with E-state index in [1.54, 1.807) is 23.7 Å². The quantitative estimate of drug-likeness (QED) is 0.634. The highest BCUT2D eigenvalue weighted by Gasteiger charge is 2.31. The molecule has 4 rings (SSSR count). The molecule has 2 aromatic heterocycles. The molecule has 0 unspecified atom stereocenters. The Morgan fingerprint density at radius 2 is 1.91 bits per heavy atom. The summed E-state index contributed by atoms with van der Waals surface area (Å²) < 4.78 is 1.59. The van der Waals surface area contributed by atoms with Gasteiger partial charge < -0.3 is 14.4 Å². The minimum atomic E-state index is -0.0678. The molecule has 2 atom stereocenters. The molecule has 0 amide bonds. The molecule has 7 heteroatoms. The van der Waals surface area contributed by atoms with Crippen molar-refractivity contribution in [2.75, 3.05) is 37.0 Å². The molecular weight excluding hydrogens is 400 g/mol. The van der Waals surface area contributed by atoms with Gasteiger partial charge in [0.15, 0.2) is 0 Å². The van der Waals surface area contributed by atoms with Crippen molar-refractivity contribution in [2.45, 2.75) is 32.5 Å². The summed E-state index contributed by atoms with van der Waals surface area (Å²) in [4.78, 5) is 24.1. The molecule has 1 aliphatic heterocycles. The molecule has 0 radical (unpaired) electrons. The maximum absolute atomic E-state index is 12.7. The van der Waals surface area contributed by atoms with Crippen molar-refractivity contribution in [1.82, 2.24) is 14.5 Å². The van der Waals surface area contributed by atoms with Crippen LogP contribution in [-0.4, -0.2) is 53.7 Å². The highest BCUT2D eigenvalue weighted by molar-refractivity contribution is 5.89. The Labute approximate surface area is 189 Å². The molecule has 166 valence electrons. The van der Waals surface area contributed by atoms with Crippen LogP contribution >= 0.6 is 0 Å².